The number of hydrogen-bond acceptors (Lipinski definition) is 2. The lowest BCUT2D eigenvalue weighted by Gasteiger charge is -2.06. The maximum atomic E-state index is 10.9. The fourth-order valence-corrected chi connectivity index (χ4v) is 1.79. The smallest absolute Gasteiger partial charge is 0.221 e. The van der Waals surface area contributed by atoms with Gasteiger partial charge in [-0.2, -0.15) is 0 Å². The Morgan fingerprint density at radius 2 is 2.20 bits per heavy atom. The van der Waals surface area contributed by atoms with Crippen LogP contribution in [-0.2, 0) is 11.2 Å². The molecule has 0 unspecified atom stereocenters. The van der Waals surface area contributed by atoms with Crippen LogP contribution in [-0.4, -0.2) is 10.9 Å². The number of carbonyl (C=O) groups is 1. The molecule has 3 nitrogen and oxygen atoms in total. The first kappa shape index (κ1) is 9.93. The molecule has 0 bridgehead atoms. The molecule has 0 atom stereocenters. The van der Waals surface area contributed by atoms with Crippen LogP contribution in [0.3, 0.4) is 0 Å². The van der Waals surface area contributed by atoms with Crippen molar-refractivity contribution in [3.8, 4) is 0 Å². The van der Waals surface area contributed by atoms with Crippen LogP contribution >= 0.6 is 11.6 Å². The molecule has 0 saturated heterocycles. The molecule has 0 saturated carbocycles. The second-order valence-electron chi connectivity index (χ2n) is 3.27. The van der Waals surface area contributed by atoms with Crippen molar-refractivity contribution in [2.75, 3.05) is 0 Å². The molecule has 1 amide bonds. The van der Waals surface area contributed by atoms with Gasteiger partial charge in [0.15, 0.2) is 0 Å². The minimum Gasteiger partial charge on any atom is -0.369 e. The van der Waals surface area contributed by atoms with Gasteiger partial charge < -0.3 is 5.73 Å². The summed E-state index contributed by atoms with van der Waals surface area (Å²) in [7, 11) is 0. The number of carbonyl (C=O) groups excluding carboxylic acids is 1. The number of rotatable bonds is 2. The minimum absolute atomic E-state index is 0.153. The van der Waals surface area contributed by atoms with Crippen molar-refractivity contribution < 1.29 is 4.79 Å². The molecule has 1 heterocycles. The summed E-state index contributed by atoms with van der Waals surface area (Å²) in [5.41, 5.74) is 5.94. The lowest BCUT2D eigenvalue weighted by atomic mass is 10.0. The molecular formula is C11H9ClN2O. The predicted molar refractivity (Wildman–Crippen MR) is 59.7 cm³/mol. The molecule has 4 heteroatoms. The Kier molecular flexibility index (Phi) is 2.56. The van der Waals surface area contributed by atoms with Gasteiger partial charge in [0, 0.05) is 22.8 Å². The molecule has 0 aliphatic rings. The summed E-state index contributed by atoms with van der Waals surface area (Å²) in [6.45, 7) is 0. The van der Waals surface area contributed by atoms with Gasteiger partial charge in [0.2, 0.25) is 5.91 Å². The van der Waals surface area contributed by atoms with E-state index in [-0.39, 0.29) is 12.3 Å². The molecule has 76 valence electrons. The highest BCUT2D eigenvalue weighted by atomic mass is 35.5. The number of fused-ring (bicyclic) bond motifs is 1. The minimum atomic E-state index is -0.388. The second-order valence-corrected chi connectivity index (χ2v) is 3.67. The van der Waals surface area contributed by atoms with E-state index in [1.807, 2.05) is 12.1 Å². The number of aromatic nitrogens is 1. The highest BCUT2D eigenvalue weighted by molar-refractivity contribution is 6.32. The first-order chi connectivity index (χ1) is 7.18. The van der Waals surface area contributed by atoms with E-state index in [0.29, 0.717) is 5.02 Å². The Hall–Kier alpha value is -1.61. The average Bonchev–Trinajstić information content (AvgIpc) is 2.22. The monoisotopic (exact) mass is 220 g/mol. The quantitative estimate of drug-likeness (QED) is 0.841. The van der Waals surface area contributed by atoms with E-state index < -0.39 is 0 Å². The molecule has 0 spiro atoms. The maximum absolute atomic E-state index is 10.9. The Bertz CT molecular complexity index is 525. The summed E-state index contributed by atoms with van der Waals surface area (Å²) in [6, 6.07) is 5.46. The Morgan fingerprint density at radius 3 is 2.93 bits per heavy atom. The number of benzene rings is 1. The zero-order valence-electron chi connectivity index (χ0n) is 7.90. The van der Waals surface area contributed by atoms with Gasteiger partial charge in [-0.3, -0.25) is 9.78 Å². The molecule has 0 aliphatic carbocycles. The summed E-state index contributed by atoms with van der Waals surface area (Å²) in [5, 5.41) is 2.45. The Labute approximate surface area is 91.9 Å². The van der Waals surface area contributed by atoms with Gasteiger partial charge in [0.05, 0.1) is 6.42 Å². The van der Waals surface area contributed by atoms with Crippen LogP contribution in [0.2, 0.25) is 5.02 Å². The van der Waals surface area contributed by atoms with Crippen LogP contribution < -0.4 is 5.73 Å². The molecular weight excluding hydrogens is 212 g/mol. The fraction of sp³-hybridized carbons (Fsp3) is 0.0909. The molecule has 1 aromatic carbocycles. The van der Waals surface area contributed by atoms with Crippen molar-refractivity contribution in [1.29, 1.82) is 0 Å². The largest absolute Gasteiger partial charge is 0.369 e. The van der Waals surface area contributed by atoms with E-state index in [9.17, 15) is 4.79 Å². The summed E-state index contributed by atoms with van der Waals surface area (Å²) < 4.78 is 0. The van der Waals surface area contributed by atoms with E-state index in [2.05, 4.69) is 4.98 Å². The van der Waals surface area contributed by atoms with Gasteiger partial charge in [-0.25, -0.2) is 0 Å². The van der Waals surface area contributed by atoms with E-state index in [1.165, 1.54) is 0 Å². The van der Waals surface area contributed by atoms with Gasteiger partial charge >= 0.3 is 0 Å². The first-order valence-electron chi connectivity index (χ1n) is 4.48. The van der Waals surface area contributed by atoms with Crippen LogP contribution in [0.25, 0.3) is 10.8 Å². The number of pyridine rings is 1. The molecule has 2 rings (SSSR count). The third kappa shape index (κ3) is 1.92. The highest BCUT2D eigenvalue weighted by Gasteiger charge is 2.08. The van der Waals surface area contributed by atoms with Crippen LogP contribution in [0, 0.1) is 0 Å². The lowest BCUT2D eigenvalue weighted by Crippen LogP contribution is -2.14. The van der Waals surface area contributed by atoms with Crippen molar-refractivity contribution in [1.82, 2.24) is 4.98 Å². The zero-order chi connectivity index (χ0) is 10.8. The van der Waals surface area contributed by atoms with Crippen molar-refractivity contribution in [2.45, 2.75) is 6.42 Å². The number of nitrogens with two attached hydrogens (primary N) is 1. The van der Waals surface area contributed by atoms with Crippen molar-refractivity contribution in [2.24, 2.45) is 5.73 Å². The number of amides is 1. The molecule has 2 aromatic rings. The number of hydrogen-bond donors (Lipinski definition) is 1. The normalized spacial score (nSPS) is 10.5. The maximum Gasteiger partial charge on any atom is 0.221 e. The summed E-state index contributed by atoms with van der Waals surface area (Å²) in [4.78, 5) is 14.9. The summed E-state index contributed by atoms with van der Waals surface area (Å²) in [6.07, 6.45) is 3.56. The molecule has 0 aliphatic heterocycles. The predicted octanol–water partition coefficient (Wildman–Crippen LogP) is 1.92. The summed E-state index contributed by atoms with van der Waals surface area (Å²) in [5.74, 6) is -0.388. The van der Waals surface area contributed by atoms with E-state index >= 15 is 0 Å². The zero-order valence-corrected chi connectivity index (χ0v) is 8.66. The van der Waals surface area contributed by atoms with Crippen LogP contribution in [0.4, 0.5) is 0 Å². The third-order valence-electron chi connectivity index (χ3n) is 2.23. The first-order valence-corrected chi connectivity index (χ1v) is 4.85. The van der Waals surface area contributed by atoms with Crippen LogP contribution in [0.5, 0.6) is 0 Å². The van der Waals surface area contributed by atoms with Gasteiger partial charge in [-0.05, 0) is 23.1 Å². The van der Waals surface area contributed by atoms with E-state index in [4.69, 9.17) is 17.3 Å². The van der Waals surface area contributed by atoms with Gasteiger partial charge in [-0.15, -0.1) is 0 Å². The third-order valence-corrected chi connectivity index (χ3v) is 2.58. The lowest BCUT2D eigenvalue weighted by molar-refractivity contribution is -0.117. The van der Waals surface area contributed by atoms with Gasteiger partial charge in [-0.1, -0.05) is 17.7 Å². The van der Waals surface area contributed by atoms with Gasteiger partial charge in [0.1, 0.15) is 0 Å². The van der Waals surface area contributed by atoms with Crippen molar-refractivity contribution >= 4 is 28.3 Å². The highest BCUT2D eigenvalue weighted by Crippen LogP contribution is 2.25. The SMILES string of the molecule is NC(=O)Cc1c(Cl)ccc2cnccc12. The van der Waals surface area contributed by atoms with Crippen molar-refractivity contribution in [3.05, 3.63) is 41.2 Å². The molecule has 15 heavy (non-hydrogen) atoms. The fourth-order valence-electron chi connectivity index (χ4n) is 1.56. The summed E-state index contributed by atoms with van der Waals surface area (Å²) >= 11 is 6.02. The standard InChI is InChI=1S/C11H9ClN2O/c12-10-2-1-7-6-14-4-3-8(7)9(10)5-11(13)15/h1-4,6H,5H2,(H2,13,15). The number of halogens is 1. The van der Waals surface area contributed by atoms with E-state index in [0.717, 1.165) is 16.3 Å². The van der Waals surface area contributed by atoms with Gasteiger partial charge in [0.25, 0.3) is 0 Å². The molecule has 0 radical (unpaired) electrons. The van der Waals surface area contributed by atoms with Crippen LogP contribution in [0.15, 0.2) is 30.6 Å². The number of nitrogens with zero attached hydrogens (tertiary/aromatic N) is 1. The Morgan fingerprint density at radius 1 is 1.40 bits per heavy atom. The van der Waals surface area contributed by atoms with Crippen LogP contribution in [0.1, 0.15) is 5.56 Å². The number of primary amides is 1. The van der Waals surface area contributed by atoms with Crippen molar-refractivity contribution in [3.63, 3.8) is 0 Å². The molecule has 0 fully saturated rings. The second kappa shape index (κ2) is 3.87. The molecule has 2 N–H and O–H groups in total. The molecule has 1 aromatic heterocycles. The topological polar surface area (TPSA) is 56.0 Å². The average molecular weight is 221 g/mol. The van der Waals surface area contributed by atoms with E-state index in [1.54, 1.807) is 18.5 Å². The Balaban J connectivity index is 2.68.